The van der Waals surface area contributed by atoms with Crippen molar-refractivity contribution >= 4 is 21.6 Å². The number of para-hydroxylation sites is 1. The molecule has 1 heterocycles. The first kappa shape index (κ1) is 18.6. The Hall–Kier alpha value is -2.18. The van der Waals surface area contributed by atoms with E-state index in [1.165, 1.54) is 12.1 Å². The Kier molecular flexibility index (Phi) is 4.67. The number of nitrogens with one attached hydrogen (secondary N) is 1. The van der Waals surface area contributed by atoms with Gasteiger partial charge in [-0.3, -0.25) is 4.79 Å². The van der Waals surface area contributed by atoms with Crippen molar-refractivity contribution in [1.29, 1.82) is 0 Å². The summed E-state index contributed by atoms with van der Waals surface area (Å²) in [5, 5.41) is 0. The van der Waals surface area contributed by atoms with E-state index >= 15 is 0 Å². The lowest BCUT2D eigenvalue weighted by atomic mass is 10.1. The van der Waals surface area contributed by atoms with Crippen molar-refractivity contribution in [2.45, 2.75) is 44.6 Å². The van der Waals surface area contributed by atoms with Gasteiger partial charge in [0.2, 0.25) is 10.0 Å². The van der Waals surface area contributed by atoms with E-state index in [0.717, 1.165) is 23.2 Å². The topological polar surface area (TPSA) is 66.5 Å². The summed E-state index contributed by atoms with van der Waals surface area (Å²) in [7, 11) is -3.70. The molecule has 0 atom stereocenters. The Morgan fingerprint density at radius 2 is 1.81 bits per heavy atom. The number of sulfonamides is 1. The largest absolute Gasteiger partial charge is 0.308 e. The normalized spacial score (nSPS) is 14.4. The number of anilines is 1. The molecule has 0 saturated heterocycles. The number of hydrogen-bond donors (Lipinski definition) is 1. The highest BCUT2D eigenvalue weighted by Gasteiger charge is 2.28. The van der Waals surface area contributed by atoms with E-state index in [1.54, 1.807) is 31.7 Å². The molecular weight excluding hydrogens is 348 g/mol. The molecule has 1 aliphatic heterocycles. The van der Waals surface area contributed by atoms with Crippen molar-refractivity contribution in [3.63, 3.8) is 0 Å². The molecule has 0 fully saturated rings. The maximum absolute atomic E-state index is 13.1. The van der Waals surface area contributed by atoms with Crippen LogP contribution in [-0.2, 0) is 16.4 Å². The number of fused-ring (bicyclic) bond motifs is 1. The molecule has 0 radical (unpaired) electrons. The summed E-state index contributed by atoms with van der Waals surface area (Å²) in [5.41, 5.74) is 2.61. The minimum atomic E-state index is -3.70. The predicted molar refractivity (Wildman–Crippen MR) is 103 cm³/mol. The van der Waals surface area contributed by atoms with Crippen molar-refractivity contribution in [3.05, 3.63) is 59.2 Å². The van der Waals surface area contributed by atoms with Crippen molar-refractivity contribution in [3.8, 4) is 0 Å². The van der Waals surface area contributed by atoms with Crippen LogP contribution >= 0.6 is 0 Å². The molecule has 0 unspecified atom stereocenters. The third-order valence-corrected chi connectivity index (χ3v) is 6.08. The van der Waals surface area contributed by atoms with Gasteiger partial charge in [0.15, 0.2) is 0 Å². The lowest BCUT2D eigenvalue weighted by Crippen LogP contribution is -2.40. The molecule has 1 N–H and O–H groups in total. The number of benzene rings is 2. The van der Waals surface area contributed by atoms with Gasteiger partial charge in [-0.2, -0.15) is 0 Å². The van der Waals surface area contributed by atoms with Gasteiger partial charge >= 0.3 is 0 Å². The fourth-order valence-corrected chi connectivity index (χ4v) is 4.60. The van der Waals surface area contributed by atoms with Gasteiger partial charge in [0.25, 0.3) is 5.91 Å². The maximum Gasteiger partial charge on any atom is 0.258 e. The zero-order chi connectivity index (χ0) is 19.1. The van der Waals surface area contributed by atoms with Crippen LogP contribution in [0.5, 0.6) is 0 Å². The Morgan fingerprint density at radius 1 is 1.12 bits per heavy atom. The minimum absolute atomic E-state index is 0.105. The second kappa shape index (κ2) is 6.52. The van der Waals surface area contributed by atoms with Crippen molar-refractivity contribution in [1.82, 2.24) is 4.72 Å². The second-order valence-electron chi connectivity index (χ2n) is 7.67. The first-order chi connectivity index (χ1) is 12.1. The summed E-state index contributed by atoms with van der Waals surface area (Å²) in [4.78, 5) is 14.9. The van der Waals surface area contributed by atoms with Crippen molar-refractivity contribution in [2.75, 3.05) is 11.4 Å². The lowest BCUT2D eigenvalue weighted by molar-refractivity contribution is 0.0988. The Labute approximate surface area is 155 Å². The summed E-state index contributed by atoms with van der Waals surface area (Å²) >= 11 is 0. The average Bonchev–Trinajstić information content (AvgIpc) is 2.96. The highest BCUT2D eigenvalue weighted by Crippen LogP contribution is 2.30. The minimum Gasteiger partial charge on any atom is -0.308 e. The molecule has 6 heteroatoms. The van der Waals surface area contributed by atoms with Crippen LogP contribution in [-0.4, -0.2) is 26.4 Å². The SMILES string of the molecule is Cc1ccc(S(=O)(=O)NC(C)(C)C)cc1C(=O)N1CCc2ccccc21. The zero-order valence-electron chi connectivity index (χ0n) is 15.5. The van der Waals surface area contributed by atoms with Gasteiger partial charge in [0.05, 0.1) is 4.90 Å². The van der Waals surface area contributed by atoms with Crippen LogP contribution in [0.4, 0.5) is 5.69 Å². The van der Waals surface area contributed by atoms with Gasteiger partial charge in [-0.1, -0.05) is 24.3 Å². The highest BCUT2D eigenvalue weighted by molar-refractivity contribution is 7.89. The molecule has 2 aromatic rings. The van der Waals surface area contributed by atoms with Crippen LogP contribution in [0, 0.1) is 6.92 Å². The molecule has 1 amide bonds. The van der Waals surface area contributed by atoms with Crippen LogP contribution in [0.1, 0.15) is 42.3 Å². The molecule has 0 spiro atoms. The number of rotatable bonds is 3. The van der Waals surface area contributed by atoms with E-state index in [-0.39, 0.29) is 10.8 Å². The molecule has 1 aliphatic rings. The van der Waals surface area contributed by atoms with E-state index in [2.05, 4.69) is 4.72 Å². The first-order valence-electron chi connectivity index (χ1n) is 8.63. The van der Waals surface area contributed by atoms with Crippen LogP contribution in [0.15, 0.2) is 47.4 Å². The molecule has 138 valence electrons. The molecule has 0 saturated carbocycles. The first-order valence-corrected chi connectivity index (χ1v) is 10.1. The summed E-state index contributed by atoms with van der Waals surface area (Å²) in [6.45, 7) is 7.78. The molecule has 3 rings (SSSR count). The standard InChI is InChI=1S/C20H24N2O3S/c1-14-9-10-16(26(24,25)21-20(2,3)4)13-17(14)19(23)22-12-11-15-7-5-6-8-18(15)22/h5-10,13,21H,11-12H2,1-4H3. The summed E-state index contributed by atoms with van der Waals surface area (Å²) in [6, 6.07) is 12.5. The van der Waals surface area contributed by atoms with E-state index < -0.39 is 15.6 Å². The molecule has 26 heavy (non-hydrogen) atoms. The van der Waals surface area contributed by atoms with Gasteiger partial charge < -0.3 is 4.90 Å². The van der Waals surface area contributed by atoms with E-state index in [0.29, 0.717) is 12.1 Å². The Balaban J connectivity index is 1.98. The Bertz CT molecular complexity index is 959. The molecule has 2 aromatic carbocycles. The summed E-state index contributed by atoms with van der Waals surface area (Å²) in [5.74, 6) is -0.166. The van der Waals surface area contributed by atoms with Gasteiger partial charge in [0.1, 0.15) is 0 Å². The van der Waals surface area contributed by atoms with E-state index in [9.17, 15) is 13.2 Å². The third kappa shape index (κ3) is 3.66. The zero-order valence-corrected chi connectivity index (χ0v) is 16.4. The highest BCUT2D eigenvalue weighted by atomic mass is 32.2. The third-order valence-electron chi connectivity index (χ3n) is 4.32. The number of amides is 1. The van der Waals surface area contributed by atoms with Crippen molar-refractivity contribution in [2.24, 2.45) is 0 Å². The van der Waals surface area contributed by atoms with Gasteiger partial charge in [-0.25, -0.2) is 13.1 Å². The van der Waals surface area contributed by atoms with Crippen LogP contribution in [0.3, 0.4) is 0 Å². The number of carbonyl (C=O) groups excluding carboxylic acids is 1. The average molecular weight is 372 g/mol. The van der Waals surface area contributed by atoms with Gasteiger partial charge in [-0.15, -0.1) is 0 Å². The maximum atomic E-state index is 13.1. The van der Waals surface area contributed by atoms with Crippen LogP contribution in [0.25, 0.3) is 0 Å². The fraction of sp³-hybridized carbons (Fsp3) is 0.350. The van der Waals surface area contributed by atoms with Gasteiger partial charge in [0, 0.05) is 23.3 Å². The molecule has 0 aromatic heterocycles. The molecule has 5 nitrogen and oxygen atoms in total. The molecular formula is C20H24N2O3S. The van der Waals surface area contributed by atoms with Gasteiger partial charge in [-0.05, 0) is 63.4 Å². The quantitative estimate of drug-likeness (QED) is 0.899. The molecule has 0 aliphatic carbocycles. The predicted octanol–water partition coefficient (Wildman–Crippen LogP) is 3.27. The summed E-state index contributed by atoms with van der Waals surface area (Å²) in [6.07, 6.45) is 0.810. The summed E-state index contributed by atoms with van der Waals surface area (Å²) < 4.78 is 27.9. The van der Waals surface area contributed by atoms with Crippen molar-refractivity contribution < 1.29 is 13.2 Å². The lowest BCUT2D eigenvalue weighted by Gasteiger charge is -2.22. The number of aryl methyl sites for hydroxylation is 1. The monoisotopic (exact) mass is 372 g/mol. The van der Waals surface area contributed by atoms with E-state index in [4.69, 9.17) is 0 Å². The second-order valence-corrected chi connectivity index (χ2v) is 9.35. The fourth-order valence-electron chi connectivity index (χ4n) is 3.16. The smallest absolute Gasteiger partial charge is 0.258 e. The van der Waals surface area contributed by atoms with E-state index in [1.807, 2.05) is 31.2 Å². The number of nitrogens with zero attached hydrogens (tertiary/aromatic N) is 1. The number of carbonyl (C=O) groups is 1. The molecule has 0 bridgehead atoms. The number of hydrogen-bond acceptors (Lipinski definition) is 3. The Morgan fingerprint density at radius 3 is 2.50 bits per heavy atom. The van der Waals surface area contributed by atoms with Crippen LogP contribution in [0.2, 0.25) is 0 Å². The van der Waals surface area contributed by atoms with Crippen LogP contribution < -0.4 is 9.62 Å².